The Kier molecular flexibility index (Phi) is 6.31. The van der Waals surface area contributed by atoms with E-state index in [1.807, 2.05) is 18.2 Å². The lowest BCUT2D eigenvalue weighted by Gasteiger charge is -2.24. The van der Waals surface area contributed by atoms with Crippen molar-refractivity contribution >= 4 is 16.5 Å². The number of alkyl halides is 3. The van der Waals surface area contributed by atoms with Crippen LogP contribution in [0.15, 0.2) is 42.6 Å². The number of rotatable bonds is 6. The molecule has 9 heteroatoms. The quantitative estimate of drug-likeness (QED) is 0.492. The number of halogens is 3. The van der Waals surface area contributed by atoms with Crippen LogP contribution >= 0.6 is 0 Å². The Hall–Kier alpha value is -2.91. The Morgan fingerprint density at radius 1 is 1.09 bits per heavy atom. The Labute approximate surface area is 195 Å². The number of aromatic hydroxyl groups is 1. The summed E-state index contributed by atoms with van der Waals surface area (Å²) in [4.78, 5) is 0. The van der Waals surface area contributed by atoms with Crippen molar-refractivity contribution in [2.24, 2.45) is 0 Å². The zero-order valence-corrected chi connectivity index (χ0v) is 18.6. The van der Waals surface area contributed by atoms with Gasteiger partial charge in [-0.3, -0.25) is 4.57 Å². The van der Waals surface area contributed by atoms with Gasteiger partial charge in [0.05, 0.1) is 22.7 Å². The number of hydrogen-bond donors (Lipinski definition) is 2. The molecule has 2 fully saturated rings. The highest BCUT2D eigenvalue weighted by Crippen LogP contribution is 2.39. The first-order valence-corrected chi connectivity index (χ1v) is 11.5. The highest BCUT2D eigenvalue weighted by molar-refractivity contribution is 5.99. The van der Waals surface area contributed by atoms with Crippen LogP contribution in [0, 0.1) is 0 Å². The number of aromatic nitrogens is 1. The van der Waals surface area contributed by atoms with E-state index in [2.05, 4.69) is 5.32 Å². The molecule has 0 bridgehead atoms. The summed E-state index contributed by atoms with van der Waals surface area (Å²) in [7, 11) is 0. The summed E-state index contributed by atoms with van der Waals surface area (Å²) in [6, 6.07) is 9.26. The molecule has 2 saturated heterocycles. The Morgan fingerprint density at radius 2 is 1.91 bits per heavy atom. The van der Waals surface area contributed by atoms with Crippen molar-refractivity contribution in [3.63, 3.8) is 0 Å². The van der Waals surface area contributed by atoms with Crippen LogP contribution in [0.2, 0.25) is 0 Å². The molecule has 0 radical (unpaired) electrons. The minimum atomic E-state index is -4.56. The number of benzene rings is 2. The molecule has 1 atom stereocenters. The van der Waals surface area contributed by atoms with Gasteiger partial charge in [-0.25, -0.2) is 0 Å². The van der Waals surface area contributed by atoms with Gasteiger partial charge < -0.3 is 24.6 Å². The van der Waals surface area contributed by atoms with Crippen LogP contribution < -0.4 is 10.1 Å². The van der Waals surface area contributed by atoms with E-state index in [0.29, 0.717) is 30.6 Å². The molecule has 1 unspecified atom stereocenters. The third kappa shape index (κ3) is 4.81. The second-order valence-corrected chi connectivity index (χ2v) is 8.78. The van der Waals surface area contributed by atoms with E-state index in [-0.39, 0.29) is 36.1 Å². The highest BCUT2D eigenvalue weighted by atomic mass is 19.4. The fourth-order valence-corrected chi connectivity index (χ4v) is 4.56. The summed E-state index contributed by atoms with van der Waals surface area (Å²) in [6.45, 7) is 2.15. The molecule has 2 aliphatic rings. The SMILES string of the molecule is Oc1c2c(NC3CCOCC3)cccc2cn1-c1cc(OCC2CCCO2)cc(C(F)(F)F)c1. The van der Waals surface area contributed by atoms with Crippen molar-refractivity contribution in [3.8, 4) is 17.3 Å². The lowest BCUT2D eigenvalue weighted by atomic mass is 10.1. The van der Waals surface area contributed by atoms with Gasteiger partial charge in [0.25, 0.3) is 0 Å². The van der Waals surface area contributed by atoms with Crippen molar-refractivity contribution in [2.75, 3.05) is 31.7 Å². The van der Waals surface area contributed by atoms with Gasteiger partial charge in [-0.1, -0.05) is 12.1 Å². The second-order valence-electron chi connectivity index (χ2n) is 8.78. The Balaban J connectivity index is 1.50. The predicted octanol–water partition coefficient (Wildman–Crippen LogP) is 5.50. The number of ether oxygens (including phenoxy) is 3. The lowest BCUT2D eigenvalue weighted by Crippen LogP contribution is -2.27. The first-order valence-electron chi connectivity index (χ1n) is 11.5. The molecule has 5 rings (SSSR count). The molecule has 0 aliphatic carbocycles. The summed E-state index contributed by atoms with van der Waals surface area (Å²) in [5.41, 5.74) is 0.0652. The van der Waals surface area contributed by atoms with Gasteiger partial charge in [0.1, 0.15) is 12.4 Å². The molecule has 0 spiro atoms. The Bertz CT molecular complexity index is 1150. The maximum Gasteiger partial charge on any atom is 0.416 e. The molecule has 3 heterocycles. The van der Waals surface area contributed by atoms with Gasteiger partial charge in [-0.05, 0) is 43.9 Å². The smallest absolute Gasteiger partial charge is 0.416 e. The third-order valence-corrected chi connectivity index (χ3v) is 6.35. The average Bonchev–Trinajstić information content (AvgIpc) is 3.46. The summed E-state index contributed by atoms with van der Waals surface area (Å²) in [5.74, 6) is -0.0485. The molecule has 0 amide bonds. The van der Waals surface area contributed by atoms with Crippen LogP contribution in [0.5, 0.6) is 11.6 Å². The van der Waals surface area contributed by atoms with Crippen molar-refractivity contribution in [1.82, 2.24) is 4.57 Å². The van der Waals surface area contributed by atoms with Crippen LogP contribution in [0.3, 0.4) is 0 Å². The van der Waals surface area contributed by atoms with E-state index in [1.54, 1.807) is 6.20 Å². The Morgan fingerprint density at radius 3 is 2.65 bits per heavy atom. The summed E-state index contributed by atoms with van der Waals surface area (Å²) in [6.07, 6.45) is 0.372. The van der Waals surface area contributed by atoms with E-state index in [4.69, 9.17) is 14.2 Å². The maximum atomic E-state index is 13.7. The van der Waals surface area contributed by atoms with Crippen LogP contribution in [0.1, 0.15) is 31.2 Å². The molecule has 2 aromatic carbocycles. The van der Waals surface area contributed by atoms with Crippen LogP contribution in [0.25, 0.3) is 16.5 Å². The monoisotopic (exact) mass is 476 g/mol. The molecule has 6 nitrogen and oxygen atoms in total. The standard InChI is InChI=1S/C25H27F3N2O4/c26-25(27,28)17-11-19(13-21(12-17)34-15-20-4-2-8-33-20)30-14-16-3-1-5-22(23(16)24(30)31)29-18-6-9-32-10-7-18/h1,3,5,11-14,18,20,29,31H,2,4,6-10,15H2. The summed E-state index contributed by atoms with van der Waals surface area (Å²) < 4.78 is 59.0. The van der Waals surface area contributed by atoms with Crippen molar-refractivity contribution in [2.45, 2.75) is 44.0 Å². The van der Waals surface area contributed by atoms with Crippen molar-refractivity contribution < 1.29 is 32.5 Å². The number of hydrogen-bond acceptors (Lipinski definition) is 5. The normalized spacial score (nSPS) is 19.6. The van der Waals surface area contributed by atoms with Crippen LogP contribution in [-0.2, 0) is 15.7 Å². The topological polar surface area (TPSA) is 64.9 Å². The fourth-order valence-electron chi connectivity index (χ4n) is 4.56. The minimum Gasteiger partial charge on any atom is -0.494 e. The van der Waals surface area contributed by atoms with E-state index in [9.17, 15) is 18.3 Å². The minimum absolute atomic E-state index is 0.0815. The first-order chi connectivity index (χ1) is 16.4. The van der Waals surface area contributed by atoms with Crippen molar-refractivity contribution in [1.29, 1.82) is 0 Å². The highest BCUT2D eigenvalue weighted by Gasteiger charge is 2.32. The van der Waals surface area contributed by atoms with E-state index < -0.39 is 11.7 Å². The first kappa shape index (κ1) is 22.9. The van der Waals surface area contributed by atoms with Gasteiger partial charge >= 0.3 is 6.18 Å². The van der Waals surface area contributed by atoms with E-state index >= 15 is 0 Å². The van der Waals surface area contributed by atoms with Crippen LogP contribution in [-0.4, -0.2) is 48.2 Å². The van der Waals surface area contributed by atoms with E-state index in [0.717, 1.165) is 43.5 Å². The third-order valence-electron chi connectivity index (χ3n) is 6.35. The lowest BCUT2D eigenvalue weighted by molar-refractivity contribution is -0.137. The summed E-state index contributed by atoms with van der Waals surface area (Å²) >= 11 is 0. The fraction of sp³-hybridized carbons (Fsp3) is 0.440. The second kappa shape index (κ2) is 9.38. The largest absolute Gasteiger partial charge is 0.494 e. The van der Waals surface area contributed by atoms with Gasteiger partial charge in [0.2, 0.25) is 5.88 Å². The van der Waals surface area contributed by atoms with Gasteiger partial charge in [0.15, 0.2) is 0 Å². The van der Waals surface area contributed by atoms with Gasteiger partial charge in [0, 0.05) is 49.2 Å². The zero-order valence-electron chi connectivity index (χ0n) is 18.6. The molecular weight excluding hydrogens is 449 g/mol. The van der Waals surface area contributed by atoms with Crippen molar-refractivity contribution in [3.05, 3.63) is 48.2 Å². The number of fused-ring (bicyclic) bond motifs is 1. The zero-order chi connectivity index (χ0) is 23.7. The average molecular weight is 476 g/mol. The molecule has 2 aliphatic heterocycles. The number of anilines is 1. The van der Waals surface area contributed by atoms with E-state index in [1.165, 1.54) is 10.6 Å². The van der Waals surface area contributed by atoms with Crippen LogP contribution in [0.4, 0.5) is 18.9 Å². The summed E-state index contributed by atoms with van der Waals surface area (Å²) in [5, 5.41) is 15.8. The molecule has 3 aromatic rings. The molecule has 0 saturated carbocycles. The molecule has 1 aromatic heterocycles. The predicted molar refractivity (Wildman–Crippen MR) is 122 cm³/mol. The number of nitrogens with one attached hydrogen (secondary N) is 1. The maximum absolute atomic E-state index is 13.7. The van der Waals surface area contributed by atoms with Gasteiger partial charge in [-0.2, -0.15) is 13.2 Å². The number of nitrogens with zero attached hydrogens (tertiary/aromatic N) is 1. The van der Waals surface area contributed by atoms with Gasteiger partial charge in [-0.15, -0.1) is 0 Å². The molecule has 182 valence electrons. The molecular formula is C25H27F3N2O4. The molecule has 2 N–H and O–H groups in total. The molecule has 34 heavy (non-hydrogen) atoms.